The van der Waals surface area contributed by atoms with Crippen molar-refractivity contribution in [3.05, 3.63) is 86.5 Å². The minimum Gasteiger partial charge on any atom is -0.375 e. The summed E-state index contributed by atoms with van der Waals surface area (Å²) in [6.45, 7) is 0.492. The van der Waals surface area contributed by atoms with Crippen LogP contribution in [0.2, 0.25) is 0 Å². The number of aryl methyl sites for hydroxylation is 1. The van der Waals surface area contributed by atoms with Crippen LogP contribution in [0.25, 0.3) is 0 Å². The Labute approximate surface area is 181 Å². The van der Waals surface area contributed by atoms with Crippen LogP contribution in [0, 0.1) is 0 Å². The molecule has 2 heterocycles. The number of hydrogen-bond donors (Lipinski definition) is 1. The largest absolute Gasteiger partial charge is 0.375 e. The number of thiophene rings is 1. The first-order valence-corrected chi connectivity index (χ1v) is 11.1. The summed E-state index contributed by atoms with van der Waals surface area (Å²) in [4.78, 5) is 28.1. The molecule has 1 aromatic heterocycles. The Hall–Kier alpha value is -2.28. The summed E-state index contributed by atoms with van der Waals surface area (Å²) in [6, 6.07) is 20.8. The summed E-state index contributed by atoms with van der Waals surface area (Å²) >= 11 is 4.65. The maximum absolute atomic E-state index is 13.2. The van der Waals surface area contributed by atoms with Gasteiger partial charge < -0.3 is 10.0 Å². The van der Waals surface area contributed by atoms with E-state index in [0.717, 1.165) is 16.6 Å². The van der Waals surface area contributed by atoms with Crippen molar-refractivity contribution in [3.63, 3.8) is 0 Å². The molecule has 0 spiro atoms. The first-order chi connectivity index (χ1) is 14.0. The lowest BCUT2D eigenvalue weighted by atomic mass is 9.89. The van der Waals surface area contributed by atoms with Crippen molar-refractivity contribution >= 4 is 44.6 Å². The minimum absolute atomic E-state index is 0.238. The molecule has 29 heavy (non-hydrogen) atoms. The molecule has 0 radical (unpaired) electrons. The van der Waals surface area contributed by atoms with E-state index >= 15 is 0 Å². The van der Waals surface area contributed by atoms with Gasteiger partial charge in [-0.2, -0.15) is 0 Å². The molecule has 3 aromatic rings. The number of anilines is 1. The van der Waals surface area contributed by atoms with Crippen molar-refractivity contribution in [2.75, 3.05) is 11.4 Å². The van der Waals surface area contributed by atoms with Crippen LogP contribution in [0.1, 0.15) is 33.6 Å². The normalized spacial score (nSPS) is 18.1. The summed E-state index contributed by atoms with van der Waals surface area (Å²) in [5.74, 6) is -0.659. The number of benzene rings is 2. The number of halogens is 1. The second-order valence-electron chi connectivity index (χ2n) is 7.13. The lowest BCUT2D eigenvalue weighted by molar-refractivity contribution is -0.135. The highest BCUT2D eigenvalue weighted by Crippen LogP contribution is 2.43. The summed E-state index contributed by atoms with van der Waals surface area (Å²) in [6.07, 6.45) is 1.35. The van der Waals surface area contributed by atoms with Crippen LogP contribution < -0.4 is 4.90 Å². The number of aliphatic hydroxyl groups is 1. The molecule has 4 rings (SSSR count). The number of amides is 1. The van der Waals surface area contributed by atoms with E-state index in [0.29, 0.717) is 22.7 Å². The van der Waals surface area contributed by atoms with Gasteiger partial charge >= 0.3 is 0 Å². The fraction of sp³-hybridized carbons (Fsp3) is 0.217. The molecule has 0 saturated heterocycles. The SMILES string of the molecule is O=C(CC1(O)C(=O)N(CCCc2ccccc2)c2ccccc21)c1ccc(Br)s1. The number of nitrogens with zero attached hydrogens (tertiary/aromatic N) is 1. The summed E-state index contributed by atoms with van der Waals surface area (Å²) in [5.41, 5.74) is 0.583. The molecule has 0 bridgehead atoms. The molecule has 4 nitrogen and oxygen atoms in total. The molecular weight excluding hydrogens is 450 g/mol. The predicted octanol–water partition coefficient (Wildman–Crippen LogP) is 4.95. The Morgan fingerprint density at radius 3 is 2.48 bits per heavy atom. The third-order valence-electron chi connectivity index (χ3n) is 5.19. The molecular formula is C23H20BrNO3S. The fourth-order valence-electron chi connectivity index (χ4n) is 3.77. The van der Waals surface area contributed by atoms with E-state index in [9.17, 15) is 14.7 Å². The molecule has 1 atom stereocenters. The third-order valence-corrected chi connectivity index (χ3v) is 6.86. The molecule has 1 aliphatic rings. The molecule has 148 valence electrons. The van der Waals surface area contributed by atoms with Crippen LogP contribution in [0.3, 0.4) is 0 Å². The van der Waals surface area contributed by atoms with Gasteiger partial charge in [-0.25, -0.2) is 0 Å². The third kappa shape index (κ3) is 3.92. The molecule has 1 amide bonds. The molecule has 0 saturated carbocycles. The van der Waals surface area contributed by atoms with Crippen molar-refractivity contribution in [1.29, 1.82) is 0 Å². The number of carbonyl (C=O) groups excluding carboxylic acids is 2. The zero-order chi connectivity index (χ0) is 20.4. The number of rotatable bonds is 7. The Morgan fingerprint density at radius 2 is 1.76 bits per heavy atom. The Kier molecular flexibility index (Phi) is 5.67. The highest BCUT2D eigenvalue weighted by Gasteiger charge is 2.50. The number of fused-ring (bicyclic) bond motifs is 1. The van der Waals surface area contributed by atoms with Crippen LogP contribution in [-0.2, 0) is 16.8 Å². The predicted molar refractivity (Wildman–Crippen MR) is 118 cm³/mol. The first kappa shape index (κ1) is 20.0. The van der Waals surface area contributed by atoms with E-state index in [1.807, 2.05) is 30.3 Å². The lowest BCUT2D eigenvalue weighted by Crippen LogP contribution is -2.42. The Balaban J connectivity index is 1.54. The van der Waals surface area contributed by atoms with E-state index in [4.69, 9.17) is 0 Å². The monoisotopic (exact) mass is 469 g/mol. The topological polar surface area (TPSA) is 57.6 Å². The highest BCUT2D eigenvalue weighted by molar-refractivity contribution is 9.11. The van der Waals surface area contributed by atoms with E-state index in [-0.39, 0.29) is 12.2 Å². The maximum atomic E-state index is 13.2. The van der Waals surface area contributed by atoms with Gasteiger partial charge in [-0.3, -0.25) is 9.59 Å². The Morgan fingerprint density at radius 1 is 1.03 bits per heavy atom. The van der Waals surface area contributed by atoms with Crippen molar-refractivity contribution < 1.29 is 14.7 Å². The van der Waals surface area contributed by atoms with Gasteiger partial charge in [0, 0.05) is 12.1 Å². The molecule has 6 heteroatoms. The Bertz CT molecular complexity index is 1050. The second kappa shape index (κ2) is 8.22. The molecule has 0 aliphatic carbocycles. The van der Waals surface area contributed by atoms with Crippen molar-refractivity contribution in [3.8, 4) is 0 Å². The standard InChI is InChI=1S/C23H20BrNO3S/c24-21-13-12-20(29-21)19(26)15-23(28)17-10-4-5-11-18(17)25(22(23)27)14-6-9-16-7-2-1-3-8-16/h1-5,7-8,10-13,28H,6,9,14-15H2. The van der Waals surface area contributed by atoms with E-state index in [1.54, 1.807) is 29.2 Å². The van der Waals surface area contributed by atoms with Crippen LogP contribution in [0.5, 0.6) is 0 Å². The number of para-hydroxylation sites is 1. The molecule has 0 fully saturated rings. The maximum Gasteiger partial charge on any atom is 0.264 e. The van der Waals surface area contributed by atoms with Gasteiger partial charge in [-0.05, 0) is 52.5 Å². The first-order valence-electron chi connectivity index (χ1n) is 9.45. The fourth-order valence-corrected chi connectivity index (χ4v) is 5.09. The summed E-state index contributed by atoms with van der Waals surface area (Å²) in [7, 11) is 0. The zero-order valence-electron chi connectivity index (χ0n) is 15.7. The quantitative estimate of drug-likeness (QED) is 0.497. The van der Waals surface area contributed by atoms with Crippen LogP contribution >= 0.6 is 27.3 Å². The van der Waals surface area contributed by atoms with Gasteiger partial charge in [0.15, 0.2) is 11.4 Å². The zero-order valence-corrected chi connectivity index (χ0v) is 18.1. The minimum atomic E-state index is -1.82. The van der Waals surface area contributed by atoms with Crippen LogP contribution in [0.4, 0.5) is 5.69 Å². The van der Waals surface area contributed by atoms with E-state index < -0.39 is 11.5 Å². The average molecular weight is 470 g/mol. The smallest absolute Gasteiger partial charge is 0.264 e. The molecule has 2 aromatic carbocycles. The van der Waals surface area contributed by atoms with Gasteiger partial charge in [0.1, 0.15) is 0 Å². The van der Waals surface area contributed by atoms with Gasteiger partial charge in [0.25, 0.3) is 5.91 Å². The lowest BCUT2D eigenvalue weighted by Gasteiger charge is -2.22. The van der Waals surface area contributed by atoms with Crippen molar-refractivity contribution in [1.82, 2.24) is 0 Å². The number of carbonyl (C=O) groups is 2. The molecule has 1 unspecified atom stereocenters. The number of Topliss-reactive ketones (excluding diaryl/α,β-unsaturated/α-hetero) is 1. The molecule has 1 N–H and O–H groups in total. The summed E-state index contributed by atoms with van der Waals surface area (Å²) in [5, 5.41) is 11.3. The van der Waals surface area contributed by atoms with Crippen LogP contribution in [-0.4, -0.2) is 23.3 Å². The molecule has 1 aliphatic heterocycles. The second-order valence-corrected chi connectivity index (χ2v) is 9.59. The van der Waals surface area contributed by atoms with Crippen LogP contribution in [0.15, 0.2) is 70.5 Å². The van der Waals surface area contributed by atoms with Crippen molar-refractivity contribution in [2.45, 2.75) is 24.9 Å². The van der Waals surface area contributed by atoms with Gasteiger partial charge in [-0.15, -0.1) is 11.3 Å². The average Bonchev–Trinajstić information content (AvgIpc) is 3.25. The van der Waals surface area contributed by atoms with Gasteiger partial charge in [0.2, 0.25) is 0 Å². The van der Waals surface area contributed by atoms with E-state index in [2.05, 4.69) is 28.1 Å². The number of ketones is 1. The highest BCUT2D eigenvalue weighted by atomic mass is 79.9. The van der Waals surface area contributed by atoms with Crippen molar-refractivity contribution in [2.24, 2.45) is 0 Å². The van der Waals surface area contributed by atoms with Gasteiger partial charge in [-0.1, -0.05) is 48.5 Å². The number of hydrogen-bond acceptors (Lipinski definition) is 4. The summed E-state index contributed by atoms with van der Waals surface area (Å²) < 4.78 is 0.841. The van der Waals surface area contributed by atoms with Gasteiger partial charge in [0.05, 0.1) is 20.8 Å². The van der Waals surface area contributed by atoms with E-state index in [1.165, 1.54) is 16.9 Å².